The van der Waals surface area contributed by atoms with E-state index in [2.05, 4.69) is 57.1 Å². The van der Waals surface area contributed by atoms with Gasteiger partial charge in [-0.15, -0.1) is 5.10 Å². The number of rotatable bonds is 8. The molecule has 8 heteroatoms. The van der Waals surface area contributed by atoms with Gasteiger partial charge in [-0.05, 0) is 59.7 Å². The third-order valence-electron chi connectivity index (χ3n) is 5.66. The van der Waals surface area contributed by atoms with Crippen LogP contribution >= 0.6 is 0 Å². The van der Waals surface area contributed by atoms with Gasteiger partial charge in [0.15, 0.2) is 5.69 Å². The van der Waals surface area contributed by atoms with Crippen LogP contribution in [0.3, 0.4) is 0 Å². The van der Waals surface area contributed by atoms with E-state index in [4.69, 9.17) is 5.73 Å². The molecule has 2 heterocycles. The van der Waals surface area contributed by atoms with Gasteiger partial charge in [0.1, 0.15) is 0 Å². The Hall–Kier alpha value is -3.78. The molecule has 170 valence electrons. The average Bonchev–Trinajstić information content (AvgIpc) is 3.43. The lowest BCUT2D eigenvalue weighted by Gasteiger charge is -2.12. The molecule has 0 atom stereocenters. The molecule has 1 amide bonds. The molecule has 2 aromatic carbocycles. The average molecular weight is 444 g/mol. The molecule has 33 heavy (non-hydrogen) atoms. The van der Waals surface area contributed by atoms with Gasteiger partial charge in [-0.25, -0.2) is 4.68 Å². The van der Waals surface area contributed by atoms with Crippen molar-refractivity contribution < 1.29 is 4.79 Å². The zero-order chi connectivity index (χ0) is 23.4. The second-order valence-electron chi connectivity index (χ2n) is 8.43. The van der Waals surface area contributed by atoms with Crippen LogP contribution in [0.4, 0.5) is 0 Å². The van der Waals surface area contributed by atoms with Crippen molar-refractivity contribution in [2.75, 3.05) is 0 Å². The maximum absolute atomic E-state index is 12.6. The molecule has 0 aliphatic carbocycles. The van der Waals surface area contributed by atoms with E-state index in [1.54, 1.807) is 10.9 Å². The Morgan fingerprint density at radius 2 is 1.58 bits per heavy atom. The molecule has 0 bridgehead atoms. The first kappa shape index (κ1) is 22.4. The summed E-state index contributed by atoms with van der Waals surface area (Å²) in [5.41, 5.74) is 13.9. The fraction of sp³-hybridized carbons (Fsp3) is 0.280. The molecule has 0 aliphatic rings. The van der Waals surface area contributed by atoms with Crippen molar-refractivity contribution in [3.8, 4) is 0 Å². The molecule has 0 spiro atoms. The molecule has 2 aromatic heterocycles. The molecule has 0 saturated heterocycles. The summed E-state index contributed by atoms with van der Waals surface area (Å²) in [5.74, 6) is -0.243. The summed E-state index contributed by atoms with van der Waals surface area (Å²) >= 11 is 0. The Morgan fingerprint density at radius 1 is 0.939 bits per heavy atom. The van der Waals surface area contributed by atoms with Gasteiger partial charge in [-0.3, -0.25) is 9.48 Å². The zero-order valence-corrected chi connectivity index (χ0v) is 19.2. The minimum absolute atomic E-state index is 0.243. The molecule has 0 fully saturated rings. The first-order chi connectivity index (χ1) is 15.9. The number of aromatic nitrogens is 5. The summed E-state index contributed by atoms with van der Waals surface area (Å²) in [6.07, 6.45) is 5.55. The van der Waals surface area contributed by atoms with Gasteiger partial charge in [0.2, 0.25) is 0 Å². The highest BCUT2D eigenvalue weighted by Crippen LogP contribution is 2.16. The predicted molar refractivity (Wildman–Crippen MR) is 127 cm³/mol. The summed E-state index contributed by atoms with van der Waals surface area (Å²) in [7, 11) is 0. The molecule has 3 N–H and O–H groups in total. The maximum Gasteiger partial charge on any atom is 0.273 e. The van der Waals surface area contributed by atoms with Gasteiger partial charge >= 0.3 is 0 Å². The molecule has 0 saturated carbocycles. The molecular formula is C25H29N7O. The fourth-order valence-electron chi connectivity index (χ4n) is 3.90. The standard InChI is InChI=1S/C25H29N7O/c1-17-11-28-31(13-17)14-20-4-6-21(7-5-20)15-32-16-24(29-30-32)25(33)27-12-23-18(2)8-22(10-26)9-19(23)3/h4-9,11,13,16H,10,12,14-15,26H2,1-3H3,(H,27,33). The van der Waals surface area contributed by atoms with Crippen molar-refractivity contribution >= 4 is 5.91 Å². The van der Waals surface area contributed by atoms with Gasteiger partial charge < -0.3 is 11.1 Å². The van der Waals surface area contributed by atoms with Crippen molar-refractivity contribution in [2.45, 2.75) is 47.0 Å². The van der Waals surface area contributed by atoms with Crippen molar-refractivity contribution in [1.82, 2.24) is 30.1 Å². The van der Waals surface area contributed by atoms with E-state index in [1.807, 2.05) is 37.8 Å². The van der Waals surface area contributed by atoms with Crippen LogP contribution in [-0.4, -0.2) is 30.7 Å². The number of nitrogens with zero attached hydrogens (tertiary/aromatic N) is 5. The molecule has 4 aromatic rings. The normalized spacial score (nSPS) is 11.0. The van der Waals surface area contributed by atoms with Gasteiger partial charge in [-0.2, -0.15) is 5.10 Å². The number of aryl methyl sites for hydroxylation is 3. The SMILES string of the molecule is Cc1cnn(Cc2ccc(Cn3cc(C(=O)NCc4c(C)cc(CN)cc4C)nn3)cc2)c1. The van der Waals surface area contributed by atoms with Crippen LogP contribution in [0.25, 0.3) is 0 Å². The van der Waals surface area contributed by atoms with E-state index >= 15 is 0 Å². The van der Waals surface area contributed by atoms with Crippen LogP contribution in [0.15, 0.2) is 55.0 Å². The molecular weight excluding hydrogens is 414 g/mol. The Labute approximate surface area is 193 Å². The largest absolute Gasteiger partial charge is 0.346 e. The summed E-state index contributed by atoms with van der Waals surface area (Å²) in [4.78, 5) is 12.6. The lowest BCUT2D eigenvalue weighted by Crippen LogP contribution is -2.24. The molecule has 0 aliphatic heterocycles. The topological polar surface area (TPSA) is 104 Å². The van der Waals surface area contributed by atoms with Crippen molar-refractivity contribution in [3.05, 3.63) is 99.6 Å². The smallest absolute Gasteiger partial charge is 0.273 e. The summed E-state index contributed by atoms with van der Waals surface area (Å²) < 4.78 is 3.59. The second kappa shape index (κ2) is 9.79. The number of benzene rings is 2. The van der Waals surface area contributed by atoms with Crippen LogP contribution in [0.1, 0.15) is 49.4 Å². The highest BCUT2D eigenvalue weighted by molar-refractivity contribution is 5.91. The Bertz CT molecular complexity index is 1230. The highest BCUT2D eigenvalue weighted by Gasteiger charge is 2.13. The Balaban J connectivity index is 1.34. The third kappa shape index (κ3) is 5.53. The zero-order valence-electron chi connectivity index (χ0n) is 19.2. The molecule has 0 unspecified atom stereocenters. The minimum Gasteiger partial charge on any atom is -0.346 e. The fourth-order valence-corrected chi connectivity index (χ4v) is 3.90. The van der Waals surface area contributed by atoms with E-state index in [1.165, 1.54) is 5.56 Å². The number of nitrogens with two attached hydrogens (primary N) is 1. The van der Waals surface area contributed by atoms with Crippen molar-refractivity contribution in [1.29, 1.82) is 0 Å². The van der Waals surface area contributed by atoms with E-state index < -0.39 is 0 Å². The Kier molecular flexibility index (Phi) is 6.65. The lowest BCUT2D eigenvalue weighted by molar-refractivity contribution is 0.0945. The van der Waals surface area contributed by atoms with E-state index in [9.17, 15) is 4.79 Å². The number of carbonyl (C=O) groups excluding carboxylic acids is 1. The van der Waals surface area contributed by atoms with Crippen molar-refractivity contribution in [2.24, 2.45) is 5.73 Å². The Morgan fingerprint density at radius 3 is 2.15 bits per heavy atom. The summed E-state index contributed by atoms with van der Waals surface area (Å²) in [5, 5.41) is 15.4. The van der Waals surface area contributed by atoms with Gasteiger partial charge in [0.05, 0.1) is 25.5 Å². The second-order valence-corrected chi connectivity index (χ2v) is 8.43. The van der Waals surface area contributed by atoms with Crippen LogP contribution in [0.5, 0.6) is 0 Å². The van der Waals surface area contributed by atoms with Crippen LogP contribution in [0, 0.1) is 20.8 Å². The lowest BCUT2D eigenvalue weighted by atomic mass is 9.99. The summed E-state index contributed by atoms with van der Waals surface area (Å²) in [6, 6.07) is 12.4. The first-order valence-corrected chi connectivity index (χ1v) is 11.0. The number of nitrogens with one attached hydrogen (secondary N) is 1. The monoisotopic (exact) mass is 443 g/mol. The highest BCUT2D eigenvalue weighted by atomic mass is 16.2. The van der Waals surface area contributed by atoms with Crippen LogP contribution < -0.4 is 11.1 Å². The molecule has 8 nitrogen and oxygen atoms in total. The number of hydrogen-bond acceptors (Lipinski definition) is 5. The molecule has 4 rings (SSSR count). The van der Waals surface area contributed by atoms with Crippen LogP contribution in [0.2, 0.25) is 0 Å². The van der Waals surface area contributed by atoms with Gasteiger partial charge in [0.25, 0.3) is 5.91 Å². The molecule has 0 radical (unpaired) electrons. The van der Waals surface area contributed by atoms with Crippen molar-refractivity contribution in [3.63, 3.8) is 0 Å². The maximum atomic E-state index is 12.6. The van der Waals surface area contributed by atoms with E-state index in [0.717, 1.165) is 39.9 Å². The predicted octanol–water partition coefficient (Wildman–Crippen LogP) is 2.89. The van der Waals surface area contributed by atoms with E-state index in [-0.39, 0.29) is 5.91 Å². The number of amides is 1. The number of carbonyl (C=O) groups is 1. The third-order valence-corrected chi connectivity index (χ3v) is 5.66. The van der Waals surface area contributed by atoms with Crippen LogP contribution in [-0.2, 0) is 26.2 Å². The van der Waals surface area contributed by atoms with E-state index in [0.29, 0.717) is 25.3 Å². The quantitative estimate of drug-likeness (QED) is 0.436. The first-order valence-electron chi connectivity index (χ1n) is 11.0. The van der Waals surface area contributed by atoms with Gasteiger partial charge in [0, 0.05) is 19.3 Å². The summed E-state index contributed by atoms with van der Waals surface area (Å²) in [6.45, 7) is 8.31. The van der Waals surface area contributed by atoms with Gasteiger partial charge in [-0.1, -0.05) is 41.6 Å². The number of hydrogen-bond donors (Lipinski definition) is 2. The minimum atomic E-state index is -0.243.